The first-order valence-electron chi connectivity index (χ1n) is 4.84. The number of rotatable bonds is 5. The van der Waals surface area contributed by atoms with Crippen molar-refractivity contribution in [3.8, 4) is 0 Å². The molecule has 1 atom stereocenters. The van der Waals surface area contributed by atoms with Crippen molar-refractivity contribution in [2.45, 2.75) is 17.9 Å². The minimum atomic E-state index is -0.546. The Hall–Kier alpha value is -1.00. The van der Waals surface area contributed by atoms with Gasteiger partial charge in [0.05, 0.1) is 6.61 Å². The fourth-order valence-electron chi connectivity index (χ4n) is 1.02. The molecule has 3 nitrogen and oxygen atoms in total. The SMILES string of the molecule is CCOC(=O)[C@H](N)CSc1ccccc1. The zero-order valence-corrected chi connectivity index (χ0v) is 9.50. The van der Waals surface area contributed by atoms with Gasteiger partial charge in [-0.25, -0.2) is 0 Å². The van der Waals surface area contributed by atoms with Gasteiger partial charge in [0.15, 0.2) is 0 Å². The molecule has 0 saturated heterocycles. The van der Waals surface area contributed by atoms with Crippen molar-refractivity contribution in [1.29, 1.82) is 0 Å². The molecule has 0 aliphatic rings. The van der Waals surface area contributed by atoms with Gasteiger partial charge in [0, 0.05) is 10.6 Å². The number of benzene rings is 1. The summed E-state index contributed by atoms with van der Waals surface area (Å²) in [6, 6.07) is 9.30. The Morgan fingerprint density at radius 3 is 2.73 bits per heavy atom. The van der Waals surface area contributed by atoms with Crippen LogP contribution in [-0.2, 0) is 9.53 Å². The molecule has 1 aromatic rings. The van der Waals surface area contributed by atoms with Crippen LogP contribution in [0.3, 0.4) is 0 Å². The number of carbonyl (C=O) groups is 1. The zero-order chi connectivity index (χ0) is 11.1. The Morgan fingerprint density at radius 1 is 1.47 bits per heavy atom. The molecule has 82 valence electrons. The van der Waals surface area contributed by atoms with Crippen LogP contribution in [-0.4, -0.2) is 24.4 Å². The van der Waals surface area contributed by atoms with Crippen molar-refractivity contribution in [1.82, 2.24) is 0 Å². The summed E-state index contributed by atoms with van der Waals surface area (Å²) in [7, 11) is 0. The van der Waals surface area contributed by atoms with Gasteiger partial charge in [0.1, 0.15) is 6.04 Å². The van der Waals surface area contributed by atoms with Crippen LogP contribution in [0.4, 0.5) is 0 Å². The van der Waals surface area contributed by atoms with E-state index in [1.54, 1.807) is 18.7 Å². The van der Waals surface area contributed by atoms with Gasteiger partial charge in [-0.3, -0.25) is 4.79 Å². The Labute approximate surface area is 94.0 Å². The van der Waals surface area contributed by atoms with Gasteiger partial charge < -0.3 is 10.5 Å². The summed E-state index contributed by atoms with van der Waals surface area (Å²) in [6.45, 7) is 2.15. The molecule has 0 aromatic heterocycles. The first-order chi connectivity index (χ1) is 7.24. The first kappa shape index (κ1) is 12.1. The van der Waals surface area contributed by atoms with E-state index >= 15 is 0 Å². The molecular formula is C11H15NO2S. The highest BCUT2D eigenvalue weighted by molar-refractivity contribution is 7.99. The second-order valence-corrected chi connectivity index (χ2v) is 4.08. The minimum Gasteiger partial charge on any atom is -0.465 e. The fraction of sp³-hybridized carbons (Fsp3) is 0.364. The smallest absolute Gasteiger partial charge is 0.323 e. The van der Waals surface area contributed by atoms with E-state index in [0.29, 0.717) is 12.4 Å². The van der Waals surface area contributed by atoms with E-state index in [2.05, 4.69) is 0 Å². The third kappa shape index (κ3) is 4.36. The lowest BCUT2D eigenvalue weighted by Gasteiger charge is -2.09. The van der Waals surface area contributed by atoms with Crippen LogP contribution < -0.4 is 5.73 Å². The summed E-state index contributed by atoms with van der Waals surface area (Å²) in [5, 5.41) is 0. The van der Waals surface area contributed by atoms with Gasteiger partial charge in [0.2, 0.25) is 0 Å². The molecule has 15 heavy (non-hydrogen) atoms. The average molecular weight is 225 g/mol. The van der Waals surface area contributed by atoms with Crippen LogP contribution in [0.5, 0.6) is 0 Å². The Balaban J connectivity index is 2.34. The molecule has 2 N–H and O–H groups in total. The molecular weight excluding hydrogens is 210 g/mol. The van der Waals surface area contributed by atoms with Crippen LogP contribution in [0.2, 0.25) is 0 Å². The summed E-state index contributed by atoms with van der Waals surface area (Å²) in [6.07, 6.45) is 0. The van der Waals surface area contributed by atoms with E-state index in [0.717, 1.165) is 4.90 Å². The highest BCUT2D eigenvalue weighted by Crippen LogP contribution is 2.17. The van der Waals surface area contributed by atoms with Crippen molar-refractivity contribution in [3.63, 3.8) is 0 Å². The molecule has 0 amide bonds. The van der Waals surface area contributed by atoms with Crippen LogP contribution in [0.1, 0.15) is 6.92 Å². The summed E-state index contributed by atoms with van der Waals surface area (Å²) < 4.78 is 4.81. The molecule has 0 radical (unpaired) electrons. The Bertz CT molecular complexity index is 303. The number of hydrogen-bond acceptors (Lipinski definition) is 4. The highest BCUT2D eigenvalue weighted by Gasteiger charge is 2.14. The molecule has 0 bridgehead atoms. The maximum Gasteiger partial charge on any atom is 0.323 e. The number of esters is 1. The predicted octanol–water partition coefficient (Wildman–Crippen LogP) is 1.67. The molecule has 0 saturated carbocycles. The third-order valence-electron chi connectivity index (χ3n) is 1.76. The maximum atomic E-state index is 11.2. The largest absolute Gasteiger partial charge is 0.465 e. The van der Waals surface area contributed by atoms with E-state index in [4.69, 9.17) is 10.5 Å². The number of carbonyl (C=O) groups excluding carboxylic acids is 1. The summed E-state index contributed by atoms with van der Waals surface area (Å²) in [4.78, 5) is 12.3. The minimum absolute atomic E-state index is 0.332. The van der Waals surface area contributed by atoms with Crippen LogP contribution in [0.15, 0.2) is 35.2 Å². The van der Waals surface area contributed by atoms with Crippen molar-refractivity contribution < 1.29 is 9.53 Å². The predicted molar refractivity (Wildman–Crippen MR) is 61.8 cm³/mol. The van der Waals surface area contributed by atoms with Crippen molar-refractivity contribution >= 4 is 17.7 Å². The quantitative estimate of drug-likeness (QED) is 0.612. The second-order valence-electron chi connectivity index (χ2n) is 2.98. The van der Waals surface area contributed by atoms with Crippen LogP contribution in [0, 0.1) is 0 Å². The van der Waals surface area contributed by atoms with Gasteiger partial charge in [0.25, 0.3) is 0 Å². The normalized spacial score (nSPS) is 12.1. The van der Waals surface area contributed by atoms with E-state index in [-0.39, 0.29) is 5.97 Å². The van der Waals surface area contributed by atoms with Gasteiger partial charge in [-0.15, -0.1) is 11.8 Å². The molecule has 0 heterocycles. The van der Waals surface area contributed by atoms with Crippen LogP contribution in [0.25, 0.3) is 0 Å². The number of hydrogen-bond donors (Lipinski definition) is 1. The molecule has 0 aliphatic heterocycles. The highest BCUT2D eigenvalue weighted by atomic mass is 32.2. The van der Waals surface area contributed by atoms with E-state index in [1.807, 2.05) is 30.3 Å². The second kappa shape index (κ2) is 6.48. The average Bonchev–Trinajstić information content (AvgIpc) is 2.27. The van der Waals surface area contributed by atoms with E-state index in [9.17, 15) is 4.79 Å². The number of ether oxygens (including phenoxy) is 1. The maximum absolute atomic E-state index is 11.2. The fourth-order valence-corrected chi connectivity index (χ4v) is 1.88. The molecule has 1 rings (SSSR count). The monoisotopic (exact) mass is 225 g/mol. The summed E-state index contributed by atoms with van der Waals surface area (Å²) in [5.41, 5.74) is 5.66. The molecule has 0 aliphatic carbocycles. The standard InChI is InChI=1S/C11H15NO2S/c1-2-14-11(13)10(12)8-15-9-6-4-3-5-7-9/h3-7,10H,2,8,12H2,1H3/t10-/m1/s1. The van der Waals surface area contributed by atoms with E-state index in [1.165, 1.54) is 0 Å². The molecule has 0 unspecified atom stereocenters. The molecule has 0 spiro atoms. The Morgan fingerprint density at radius 2 is 2.13 bits per heavy atom. The molecule has 0 fully saturated rings. The van der Waals surface area contributed by atoms with Gasteiger partial charge >= 0.3 is 5.97 Å². The summed E-state index contributed by atoms with van der Waals surface area (Å²) >= 11 is 1.56. The summed E-state index contributed by atoms with van der Waals surface area (Å²) in [5.74, 6) is 0.212. The number of nitrogens with two attached hydrogens (primary N) is 1. The Kier molecular flexibility index (Phi) is 5.21. The lowest BCUT2D eigenvalue weighted by atomic mass is 10.4. The number of thioether (sulfide) groups is 1. The molecule has 1 aromatic carbocycles. The van der Waals surface area contributed by atoms with Crippen LogP contribution >= 0.6 is 11.8 Å². The van der Waals surface area contributed by atoms with Crippen molar-refractivity contribution in [2.24, 2.45) is 5.73 Å². The molecule has 4 heteroatoms. The van der Waals surface area contributed by atoms with Crippen molar-refractivity contribution in [3.05, 3.63) is 30.3 Å². The van der Waals surface area contributed by atoms with Crippen molar-refractivity contribution in [2.75, 3.05) is 12.4 Å². The third-order valence-corrected chi connectivity index (χ3v) is 2.89. The lowest BCUT2D eigenvalue weighted by Crippen LogP contribution is -2.34. The van der Waals surface area contributed by atoms with Gasteiger partial charge in [-0.2, -0.15) is 0 Å². The van der Waals surface area contributed by atoms with E-state index < -0.39 is 6.04 Å². The first-order valence-corrected chi connectivity index (χ1v) is 5.82. The zero-order valence-electron chi connectivity index (χ0n) is 8.68. The topological polar surface area (TPSA) is 52.3 Å². The van der Waals surface area contributed by atoms with Gasteiger partial charge in [-0.05, 0) is 19.1 Å². The lowest BCUT2D eigenvalue weighted by molar-refractivity contribution is -0.144. The van der Waals surface area contributed by atoms with Gasteiger partial charge in [-0.1, -0.05) is 18.2 Å².